The molecule has 1 aliphatic heterocycles. The zero-order valence-corrected chi connectivity index (χ0v) is 11.9. The molecule has 1 fully saturated rings. The largest absolute Gasteiger partial charge is 0.349 e. The van der Waals surface area contributed by atoms with E-state index in [1.807, 2.05) is 13.8 Å². The number of aromatic amines is 1. The maximum atomic E-state index is 11.9. The molecule has 19 heavy (non-hydrogen) atoms. The van der Waals surface area contributed by atoms with Gasteiger partial charge in [-0.1, -0.05) is 13.8 Å². The van der Waals surface area contributed by atoms with Crippen molar-refractivity contribution in [2.75, 3.05) is 26.7 Å². The highest BCUT2D eigenvalue weighted by molar-refractivity contribution is 5.90. The summed E-state index contributed by atoms with van der Waals surface area (Å²) in [5.41, 5.74) is 0. The van der Waals surface area contributed by atoms with E-state index in [9.17, 15) is 4.79 Å². The van der Waals surface area contributed by atoms with Crippen molar-refractivity contribution in [1.82, 2.24) is 25.4 Å². The van der Waals surface area contributed by atoms with E-state index >= 15 is 0 Å². The Labute approximate surface area is 114 Å². The summed E-state index contributed by atoms with van der Waals surface area (Å²) in [7, 11) is 2.12. The molecular formula is C13H23N5O. The zero-order chi connectivity index (χ0) is 13.8. The van der Waals surface area contributed by atoms with E-state index in [0.29, 0.717) is 12.5 Å². The summed E-state index contributed by atoms with van der Waals surface area (Å²) in [4.78, 5) is 18.4. The van der Waals surface area contributed by atoms with Crippen molar-refractivity contribution in [3.8, 4) is 0 Å². The molecule has 0 radical (unpaired) electrons. The number of aromatic nitrogens is 3. The van der Waals surface area contributed by atoms with Crippen molar-refractivity contribution in [1.29, 1.82) is 0 Å². The highest BCUT2D eigenvalue weighted by atomic mass is 16.2. The second-order valence-electron chi connectivity index (χ2n) is 5.68. The van der Waals surface area contributed by atoms with Crippen LogP contribution in [0.15, 0.2) is 0 Å². The lowest BCUT2D eigenvalue weighted by atomic mass is 9.98. The third-order valence-electron chi connectivity index (χ3n) is 3.53. The topological polar surface area (TPSA) is 73.9 Å². The Kier molecular flexibility index (Phi) is 4.52. The Hall–Kier alpha value is -1.43. The van der Waals surface area contributed by atoms with Crippen LogP contribution in [0.3, 0.4) is 0 Å². The summed E-state index contributed by atoms with van der Waals surface area (Å²) in [5, 5.41) is 9.69. The molecule has 2 rings (SSSR count). The van der Waals surface area contributed by atoms with Crippen LogP contribution in [0.5, 0.6) is 0 Å². The number of nitrogens with zero attached hydrogens (tertiary/aromatic N) is 3. The van der Waals surface area contributed by atoms with Gasteiger partial charge >= 0.3 is 0 Å². The third-order valence-corrected chi connectivity index (χ3v) is 3.53. The molecule has 6 nitrogen and oxygen atoms in total. The van der Waals surface area contributed by atoms with Crippen LogP contribution in [0.25, 0.3) is 0 Å². The average Bonchev–Trinajstić information content (AvgIpc) is 2.86. The lowest BCUT2D eigenvalue weighted by Crippen LogP contribution is -2.39. The standard InChI is InChI=1S/C13H23N5O/c1-9(2)11-15-12(17-16-11)13(19)14-7-10-5-4-6-18(3)8-10/h9-10H,4-8H2,1-3H3,(H,14,19)(H,15,16,17). The van der Waals surface area contributed by atoms with E-state index in [-0.39, 0.29) is 17.6 Å². The van der Waals surface area contributed by atoms with Gasteiger partial charge in [-0.2, -0.15) is 0 Å². The minimum Gasteiger partial charge on any atom is -0.349 e. The molecule has 106 valence electrons. The van der Waals surface area contributed by atoms with Gasteiger partial charge < -0.3 is 10.2 Å². The number of H-pyrrole nitrogens is 1. The van der Waals surface area contributed by atoms with Gasteiger partial charge in [0, 0.05) is 19.0 Å². The molecule has 1 aliphatic rings. The van der Waals surface area contributed by atoms with E-state index in [0.717, 1.165) is 18.9 Å². The quantitative estimate of drug-likeness (QED) is 0.851. The first-order valence-electron chi connectivity index (χ1n) is 6.95. The van der Waals surface area contributed by atoms with Gasteiger partial charge in [0.2, 0.25) is 5.82 Å². The minimum absolute atomic E-state index is 0.184. The molecule has 0 aliphatic carbocycles. The molecule has 6 heteroatoms. The fraction of sp³-hybridized carbons (Fsp3) is 0.769. The predicted molar refractivity (Wildman–Crippen MR) is 73.0 cm³/mol. The molecule has 1 atom stereocenters. The lowest BCUT2D eigenvalue weighted by Gasteiger charge is -2.29. The first-order valence-corrected chi connectivity index (χ1v) is 6.95. The van der Waals surface area contributed by atoms with Gasteiger partial charge in [0.1, 0.15) is 5.82 Å². The fourth-order valence-corrected chi connectivity index (χ4v) is 2.39. The van der Waals surface area contributed by atoms with Crippen molar-refractivity contribution in [2.24, 2.45) is 5.92 Å². The predicted octanol–water partition coefficient (Wildman–Crippen LogP) is 1.000. The summed E-state index contributed by atoms with van der Waals surface area (Å²) in [6, 6.07) is 0. The molecule has 1 aromatic rings. The second kappa shape index (κ2) is 6.14. The smallest absolute Gasteiger partial charge is 0.290 e. The van der Waals surface area contributed by atoms with Gasteiger partial charge in [-0.05, 0) is 32.4 Å². The first kappa shape index (κ1) is 14.0. The first-order chi connectivity index (χ1) is 9.06. The van der Waals surface area contributed by atoms with E-state index in [1.54, 1.807) is 0 Å². The number of likely N-dealkylation sites (tertiary alicyclic amines) is 1. The Balaban J connectivity index is 1.83. The number of piperidine rings is 1. The summed E-state index contributed by atoms with van der Waals surface area (Å²) in [5.74, 6) is 1.60. The highest BCUT2D eigenvalue weighted by Gasteiger charge is 2.19. The van der Waals surface area contributed by atoms with Crippen LogP contribution in [0, 0.1) is 5.92 Å². The monoisotopic (exact) mass is 265 g/mol. The second-order valence-corrected chi connectivity index (χ2v) is 5.68. The van der Waals surface area contributed by atoms with Crippen LogP contribution in [0.2, 0.25) is 0 Å². The Morgan fingerprint density at radius 3 is 3.00 bits per heavy atom. The molecule has 1 aromatic heterocycles. The molecule has 0 aromatic carbocycles. The van der Waals surface area contributed by atoms with Crippen LogP contribution in [0.4, 0.5) is 0 Å². The van der Waals surface area contributed by atoms with Crippen molar-refractivity contribution < 1.29 is 4.79 Å². The number of carbonyl (C=O) groups excluding carboxylic acids is 1. The number of carbonyl (C=O) groups is 1. The normalized spacial score (nSPS) is 20.7. The molecule has 2 N–H and O–H groups in total. The molecule has 1 amide bonds. The highest BCUT2D eigenvalue weighted by Crippen LogP contribution is 2.14. The van der Waals surface area contributed by atoms with Crippen LogP contribution in [-0.2, 0) is 0 Å². The van der Waals surface area contributed by atoms with Crippen LogP contribution in [0.1, 0.15) is 49.1 Å². The number of rotatable bonds is 4. The Morgan fingerprint density at radius 1 is 1.58 bits per heavy atom. The molecule has 0 saturated carbocycles. The Morgan fingerprint density at radius 2 is 2.37 bits per heavy atom. The van der Waals surface area contributed by atoms with Crippen LogP contribution < -0.4 is 5.32 Å². The third kappa shape index (κ3) is 3.76. The number of hydrogen-bond donors (Lipinski definition) is 2. The summed E-state index contributed by atoms with van der Waals surface area (Å²) in [6.07, 6.45) is 2.38. The molecule has 1 unspecified atom stereocenters. The van der Waals surface area contributed by atoms with Crippen molar-refractivity contribution in [2.45, 2.75) is 32.6 Å². The summed E-state index contributed by atoms with van der Waals surface area (Å²) < 4.78 is 0. The molecule has 2 heterocycles. The van der Waals surface area contributed by atoms with E-state index in [2.05, 4.69) is 32.4 Å². The number of hydrogen-bond acceptors (Lipinski definition) is 4. The number of nitrogens with one attached hydrogen (secondary N) is 2. The maximum Gasteiger partial charge on any atom is 0.290 e. The zero-order valence-electron chi connectivity index (χ0n) is 11.9. The van der Waals surface area contributed by atoms with Gasteiger partial charge in [0.15, 0.2) is 0 Å². The summed E-state index contributed by atoms with van der Waals surface area (Å²) in [6.45, 7) is 6.93. The molecule has 0 spiro atoms. The maximum absolute atomic E-state index is 11.9. The number of amides is 1. The average molecular weight is 265 g/mol. The van der Waals surface area contributed by atoms with Crippen molar-refractivity contribution in [3.05, 3.63) is 11.6 Å². The van der Waals surface area contributed by atoms with Gasteiger partial charge in [-0.15, -0.1) is 5.10 Å². The van der Waals surface area contributed by atoms with E-state index in [1.165, 1.54) is 12.8 Å². The van der Waals surface area contributed by atoms with E-state index in [4.69, 9.17) is 0 Å². The molecule has 1 saturated heterocycles. The Bertz CT molecular complexity index is 428. The van der Waals surface area contributed by atoms with Crippen molar-refractivity contribution in [3.63, 3.8) is 0 Å². The van der Waals surface area contributed by atoms with Gasteiger partial charge in [0.25, 0.3) is 5.91 Å². The van der Waals surface area contributed by atoms with Crippen LogP contribution >= 0.6 is 0 Å². The molecule has 0 bridgehead atoms. The van der Waals surface area contributed by atoms with E-state index < -0.39 is 0 Å². The van der Waals surface area contributed by atoms with Crippen molar-refractivity contribution >= 4 is 5.91 Å². The van der Waals surface area contributed by atoms with Gasteiger partial charge in [-0.3, -0.25) is 9.89 Å². The SMILES string of the molecule is CC(C)c1nc(C(=O)NCC2CCCN(C)C2)n[nH]1. The molecular weight excluding hydrogens is 242 g/mol. The van der Waals surface area contributed by atoms with Gasteiger partial charge in [-0.25, -0.2) is 4.98 Å². The fourth-order valence-electron chi connectivity index (χ4n) is 2.39. The summed E-state index contributed by atoms with van der Waals surface area (Å²) >= 11 is 0. The van der Waals surface area contributed by atoms with Gasteiger partial charge in [0.05, 0.1) is 0 Å². The lowest BCUT2D eigenvalue weighted by molar-refractivity contribution is 0.0926. The minimum atomic E-state index is -0.184. The van der Waals surface area contributed by atoms with Crippen LogP contribution in [-0.4, -0.2) is 52.7 Å².